The van der Waals surface area contributed by atoms with Crippen molar-refractivity contribution in [3.63, 3.8) is 0 Å². The standard InChI is InChI=1S/C16H18FNOS/c1-19-11-10-18-12-13-6-2-4-8-15(13)20-16-9-5-3-7-14(16)17/h2-9,18H,10-12H2,1H3. The van der Waals surface area contributed by atoms with Crippen LogP contribution in [0.5, 0.6) is 0 Å². The minimum absolute atomic E-state index is 0.181. The van der Waals surface area contributed by atoms with E-state index >= 15 is 0 Å². The molecule has 106 valence electrons. The Morgan fingerprint density at radius 3 is 2.50 bits per heavy atom. The molecule has 0 saturated carbocycles. The summed E-state index contributed by atoms with van der Waals surface area (Å²) in [5, 5.41) is 3.31. The van der Waals surface area contributed by atoms with Gasteiger partial charge in [-0.1, -0.05) is 42.1 Å². The first-order valence-electron chi connectivity index (χ1n) is 6.51. The summed E-state index contributed by atoms with van der Waals surface area (Å²) in [6.45, 7) is 2.23. The van der Waals surface area contributed by atoms with E-state index in [1.165, 1.54) is 17.8 Å². The molecule has 0 saturated heterocycles. The van der Waals surface area contributed by atoms with Crippen LogP contribution >= 0.6 is 11.8 Å². The Morgan fingerprint density at radius 1 is 1.05 bits per heavy atom. The first-order valence-corrected chi connectivity index (χ1v) is 7.33. The Bertz CT molecular complexity index is 548. The average molecular weight is 291 g/mol. The third-order valence-electron chi connectivity index (χ3n) is 2.83. The lowest BCUT2D eigenvalue weighted by molar-refractivity contribution is 0.199. The molecule has 0 fully saturated rings. The van der Waals surface area contributed by atoms with Gasteiger partial charge < -0.3 is 10.1 Å². The molecule has 2 nitrogen and oxygen atoms in total. The van der Waals surface area contributed by atoms with Gasteiger partial charge in [0.05, 0.1) is 6.61 Å². The number of ether oxygens (including phenoxy) is 1. The first kappa shape index (κ1) is 15.0. The zero-order valence-electron chi connectivity index (χ0n) is 11.4. The number of halogens is 1. The average Bonchev–Trinajstić information content (AvgIpc) is 2.47. The van der Waals surface area contributed by atoms with Crippen molar-refractivity contribution in [3.8, 4) is 0 Å². The topological polar surface area (TPSA) is 21.3 Å². The van der Waals surface area contributed by atoms with Crippen molar-refractivity contribution in [3.05, 3.63) is 59.9 Å². The maximum Gasteiger partial charge on any atom is 0.137 e. The maximum atomic E-state index is 13.7. The molecule has 0 heterocycles. The fourth-order valence-corrected chi connectivity index (χ4v) is 2.76. The van der Waals surface area contributed by atoms with Gasteiger partial charge in [-0.15, -0.1) is 0 Å². The number of hydrogen-bond donors (Lipinski definition) is 1. The van der Waals surface area contributed by atoms with E-state index in [1.807, 2.05) is 24.3 Å². The van der Waals surface area contributed by atoms with Crippen molar-refractivity contribution in [2.75, 3.05) is 20.3 Å². The largest absolute Gasteiger partial charge is 0.383 e. The molecule has 0 aliphatic rings. The molecule has 0 aliphatic carbocycles. The molecule has 0 spiro atoms. The third kappa shape index (κ3) is 4.34. The number of hydrogen-bond acceptors (Lipinski definition) is 3. The van der Waals surface area contributed by atoms with Gasteiger partial charge in [0.15, 0.2) is 0 Å². The van der Waals surface area contributed by atoms with Crippen LogP contribution in [0.3, 0.4) is 0 Å². The zero-order chi connectivity index (χ0) is 14.2. The fraction of sp³-hybridized carbons (Fsp3) is 0.250. The van der Waals surface area contributed by atoms with E-state index in [-0.39, 0.29) is 5.82 Å². The number of nitrogens with one attached hydrogen (secondary N) is 1. The minimum atomic E-state index is -0.181. The van der Waals surface area contributed by atoms with Gasteiger partial charge in [0, 0.05) is 30.0 Å². The molecule has 0 unspecified atom stereocenters. The highest BCUT2D eigenvalue weighted by Gasteiger charge is 2.07. The number of benzene rings is 2. The van der Waals surface area contributed by atoms with Gasteiger partial charge in [0.25, 0.3) is 0 Å². The van der Waals surface area contributed by atoms with Crippen molar-refractivity contribution < 1.29 is 9.13 Å². The van der Waals surface area contributed by atoms with Crippen LogP contribution in [0.1, 0.15) is 5.56 Å². The lowest BCUT2D eigenvalue weighted by Crippen LogP contribution is -2.18. The van der Waals surface area contributed by atoms with E-state index in [1.54, 1.807) is 19.2 Å². The minimum Gasteiger partial charge on any atom is -0.383 e. The van der Waals surface area contributed by atoms with Crippen LogP contribution < -0.4 is 5.32 Å². The molecule has 0 radical (unpaired) electrons. The molecule has 2 rings (SSSR count). The van der Waals surface area contributed by atoms with Gasteiger partial charge >= 0.3 is 0 Å². The van der Waals surface area contributed by atoms with E-state index in [2.05, 4.69) is 11.4 Å². The van der Waals surface area contributed by atoms with Gasteiger partial charge in [0.2, 0.25) is 0 Å². The molecule has 2 aromatic carbocycles. The molecule has 0 bridgehead atoms. The molecule has 2 aromatic rings. The second kappa shape index (κ2) is 8.04. The zero-order valence-corrected chi connectivity index (χ0v) is 12.3. The first-order chi connectivity index (χ1) is 9.81. The molecule has 0 aromatic heterocycles. The lowest BCUT2D eigenvalue weighted by Gasteiger charge is -2.10. The van der Waals surface area contributed by atoms with Crippen molar-refractivity contribution in [1.82, 2.24) is 5.32 Å². The molecule has 1 N–H and O–H groups in total. The summed E-state index contributed by atoms with van der Waals surface area (Å²) >= 11 is 1.46. The van der Waals surface area contributed by atoms with E-state index in [0.29, 0.717) is 11.5 Å². The highest BCUT2D eigenvalue weighted by Crippen LogP contribution is 2.31. The summed E-state index contributed by atoms with van der Waals surface area (Å²) in [4.78, 5) is 1.72. The monoisotopic (exact) mass is 291 g/mol. The second-order valence-electron chi connectivity index (χ2n) is 4.31. The van der Waals surface area contributed by atoms with E-state index in [4.69, 9.17) is 4.74 Å². The van der Waals surface area contributed by atoms with Gasteiger partial charge in [-0.2, -0.15) is 0 Å². The Labute approximate surface area is 123 Å². The highest BCUT2D eigenvalue weighted by molar-refractivity contribution is 7.99. The smallest absolute Gasteiger partial charge is 0.137 e. The molecule has 0 atom stereocenters. The fourth-order valence-electron chi connectivity index (χ4n) is 1.79. The predicted octanol–water partition coefficient (Wildman–Crippen LogP) is 3.71. The number of methoxy groups -OCH3 is 1. The van der Waals surface area contributed by atoms with Gasteiger partial charge in [-0.25, -0.2) is 4.39 Å². The normalized spacial score (nSPS) is 10.7. The Kier molecular flexibility index (Phi) is 6.05. The second-order valence-corrected chi connectivity index (χ2v) is 5.39. The van der Waals surface area contributed by atoms with Crippen molar-refractivity contribution in [2.45, 2.75) is 16.3 Å². The number of rotatable bonds is 7. The molecule has 0 aliphatic heterocycles. The SMILES string of the molecule is COCCNCc1ccccc1Sc1ccccc1F. The lowest BCUT2D eigenvalue weighted by atomic mass is 10.2. The highest BCUT2D eigenvalue weighted by atomic mass is 32.2. The Morgan fingerprint density at radius 2 is 1.75 bits per heavy atom. The quantitative estimate of drug-likeness (QED) is 0.786. The van der Waals surface area contributed by atoms with Crippen LogP contribution in [0.25, 0.3) is 0 Å². The Balaban J connectivity index is 2.06. The van der Waals surface area contributed by atoms with Crippen LogP contribution in [0, 0.1) is 5.82 Å². The van der Waals surface area contributed by atoms with E-state index in [0.717, 1.165) is 23.5 Å². The van der Waals surface area contributed by atoms with Crippen LogP contribution in [0.4, 0.5) is 4.39 Å². The van der Waals surface area contributed by atoms with Crippen LogP contribution in [-0.4, -0.2) is 20.3 Å². The molecule has 0 amide bonds. The maximum absolute atomic E-state index is 13.7. The summed E-state index contributed by atoms with van der Waals surface area (Å²) in [6.07, 6.45) is 0. The van der Waals surface area contributed by atoms with Crippen LogP contribution in [0.2, 0.25) is 0 Å². The van der Waals surface area contributed by atoms with E-state index in [9.17, 15) is 4.39 Å². The molecule has 20 heavy (non-hydrogen) atoms. The summed E-state index contributed by atoms with van der Waals surface area (Å²) in [5.41, 5.74) is 1.16. The van der Waals surface area contributed by atoms with Crippen molar-refractivity contribution >= 4 is 11.8 Å². The van der Waals surface area contributed by atoms with Gasteiger partial charge in [-0.3, -0.25) is 0 Å². The van der Waals surface area contributed by atoms with E-state index < -0.39 is 0 Å². The summed E-state index contributed by atoms with van der Waals surface area (Å²) in [5.74, 6) is -0.181. The summed E-state index contributed by atoms with van der Waals surface area (Å²) in [7, 11) is 1.68. The van der Waals surface area contributed by atoms with Gasteiger partial charge in [-0.05, 0) is 23.8 Å². The Hall–Kier alpha value is -1.36. The predicted molar refractivity (Wildman–Crippen MR) is 80.5 cm³/mol. The van der Waals surface area contributed by atoms with Crippen molar-refractivity contribution in [2.24, 2.45) is 0 Å². The van der Waals surface area contributed by atoms with Crippen LogP contribution in [-0.2, 0) is 11.3 Å². The molecule has 4 heteroatoms. The van der Waals surface area contributed by atoms with Crippen LogP contribution in [0.15, 0.2) is 58.3 Å². The third-order valence-corrected chi connectivity index (χ3v) is 4.00. The molecular weight excluding hydrogens is 273 g/mol. The summed E-state index contributed by atoms with van der Waals surface area (Å²) < 4.78 is 18.7. The van der Waals surface area contributed by atoms with Gasteiger partial charge in [0.1, 0.15) is 5.82 Å². The summed E-state index contributed by atoms with van der Waals surface area (Å²) in [6, 6.07) is 14.9. The van der Waals surface area contributed by atoms with Crippen molar-refractivity contribution in [1.29, 1.82) is 0 Å². The molecular formula is C16H18FNOS.